The molecule has 0 unspecified atom stereocenters. The Morgan fingerprint density at radius 1 is 1.11 bits per heavy atom. The van der Waals surface area contributed by atoms with E-state index in [1.807, 2.05) is 30.6 Å². The summed E-state index contributed by atoms with van der Waals surface area (Å²) >= 11 is 5.71. The normalized spacial score (nSPS) is 19.3. The van der Waals surface area contributed by atoms with E-state index in [1.54, 1.807) is 6.20 Å². The van der Waals surface area contributed by atoms with Gasteiger partial charge in [-0.25, -0.2) is 0 Å². The first-order valence-electron chi connectivity index (χ1n) is 9.35. The molecule has 0 aliphatic carbocycles. The number of hydrogen-bond donors (Lipinski definition) is 1. The summed E-state index contributed by atoms with van der Waals surface area (Å²) in [5.74, 6) is 0. The van der Waals surface area contributed by atoms with Crippen LogP contribution in [0.1, 0.15) is 43.2 Å². The first kappa shape index (κ1) is 17.7. The Labute approximate surface area is 165 Å². The molecule has 6 heteroatoms. The largest absolute Gasteiger partial charge is 0.352 e. The molecule has 3 aromatic rings. The lowest BCUT2D eigenvalue weighted by atomic mass is 10.0. The lowest BCUT2D eigenvalue weighted by molar-refractivity contribution is 0.304. The highest BCUT2D eigenvalue weighted by atomic mass is 32.1. The van der Waals surface area contributed by atoms with Gasteiger partial charge in [0.25, 0.3) is 0 Å². The Bertz CT molecular complexity index is 893. The van der Waals surface area contributed by atoms with Gasteiger partial charge in [-0.2, -0.15) is 0 Å². The molecule has 4 rings (SSSR count). The first-order chi connectivity index (χ1) is 13.3. The van der Waals surface area contributed by atoms with E-state index in [0.717, 1.165) is 35.9 Å². The number of nitrogens with zero attached hydrogens (tertiary/aromatic N) is 4. The zero-order chi connectivity index (χ0) is 18.6. The highest BCUT2D eigenvalue weighted by Crippen LogP contribution is 2.39. The van der Waals surface area contributed by atoms with Gasteiger partial charge in [-0.3, -0.25) is 9.97 Å². The van der Waals surface area contributed by atoms with E-state index in [0.29, 0.717) is 0 Å². The second kappa shape index (κ2) is 7.88. The van der Waals surface area contributed by atoms with Crippen molar-refractivity contribution < 1.29 is 0 Å². The van der Waals surface area contributed by atoms with Crippen LogP contribution in [-0.4, -0.2) is 31.1 Å². The number of thiocarbonyl (C=S) groups is 1. The Kier molecular flexibility index (Phi) is 5.16. The van der Waals surface area contributed by atoms with Gasteiger partial charge in [-0.05, 0) is 55.0 Å². The molecule has 5 nitrogen and oxygen atoms in total. The van der Waals surface area contributed by atoms with Crippen molar-refractivity contribution in [3.8, 4) is 5.69 Å². The SMILES string of the molecule is CCCCN1C(=S)N[C@H](c2ccccn2)[C@H]1c1cccn1-c1cccnc1. The summed E-state index contributed by atoms with van der Waals surface area (Å²) in [7, 11) is 0. The maximum Gasteiger partial charge on any atom is 0.170 e. The fraction of sp³-hybridized carbons (Fsp3) is 0.286. The minimum atomic E-state index is 0.0147. The summed E-state index contributed by atoms with van der Waals surface area (Å²) in [5.41, 5.74) is 3.23. The molecular weight excluding hydrogens is 354 g/mol. The van der Waals surface area contributed by atoms with Crippen LogP contribution in [0.15, 0.2) is 67.3 Å². The van der Waals surface area contributed by atoms with Crippen LogP contribution >= 0.6 is 12.2 Å². The Morgan fingerprint density at radius 3 is 2.78 bits per heavy atom. The molecule has 4 heterocycles. The predicted molar refractivity (Wildman–Crippen MR) is 111 cm³/mol. The fourth-order valence-corrected chi connectivity index (χ4v) is 3.99. The Morgan fingerprint density at radius 2 is 2.04 bits per heavy atom. The van der Waals surface area contributed by atoms with Crippen molar-refractivity contribution in [2.75, 3.05) is 6.54 Å². The fourth-order valence-electron chi connectivity index (χ4n) is 3.66. The van der Waals surface area contributed by atoms with E-state index in [9.17, 15) is 0 Å². The molecule has 1 aliphatic rings. The van der Waals surface area contributed by atoms with Crippen LogP contribution in [0.25, 0.3) is 5.69 Å². The molecule has 27 heavy (non-hydrogen) atoms. The molecule has 0 spiro atoms. The van der Waals surface area contributed by atoms with Gasteiger partial charge in [-0.15, -0.1) is 0 Å². The van der Waals surface area contributed by atoms with Gasteiger partial charge < -0.3 is 14.8 Å². The highest BCUT2D eigenvalue weighted by Gasteiger charge is 2.40. The maximum absolute atomic E-state index is 5.71. The lowest BCUT2D eigenvalue weighted by Gasteiger charge is -2.28. The van der Waals surface area contributed by atoms with Crippen molar-refractivity contribution >= 4 is 17.3 Å². The Hall–Kier alpha value is -2.73. The number of hydrogen-bond acceptors (Lipinski definition) is 3. The van der Waals surface area contributed by atoms with Crippen molar-refractivity contribution in [3.63, 3.8) is 0 Å². The van der Waals surface area contributed by atoms with Gasteiger partial charge in [-0.1, -0.05) is 19.4 Å². The summed E-state index contributed by atoms with van der Waals surface area (Å²) in [6, 6.07) is 14.4. The number of nitrogens with one attached hydrogen (secondary N) is 1. The van der Waals surface area contributed by atoms with Gasteiger partial charge >= 0.3 is 0 Å². The average molecular weight is 378 g/mol. The summed E-state index contributed by atoms with van der Waals surface area (Å²) in [4.78, 5) is 11.2. The molecule has 0 amide bonds. The number of rotatable bonds is 6. The van der Waals surface area contributed by atoms with E-state index in [1.165, 1.54) is 5.69 Å². The van der Waals surface area contributed by atoms with Crippen molar-refractivity contribution in [3.05, 3.63) is 78.6 Å². The summed E-state index contributed by atoms with van der Waals surface area (Å²) in [6.45, 7) is 3.13. The minimum absolute atomic E-state index is 0.0147. The van der Waals surface area contributed by atoms with Gasteiger partial charge in [0.1, 0.15) is 0 Å². The van der Waals surface area contributed by atoms with Crippen LogP contribution in [0, 0.1) is 0 Å². The molecule has 0 aromatic carbocycles. The zero-order valence-electron chi connectivity index (χ0n) is 15.3. The predicted octanol–water partition coefficient (Wildman–Crippen LogP) is 4.04. The summed E-state index contributed by atoms with van der Waals surface area (Å²) in [5, 5.41) is 4.31. The number of aromatic nitrogens is 3. The lowest BCUT2D eigenvalue weighted by Crippen LogP contribution is -2.31. The van der Waals surface area contributed by atoms with Crippen molar-refractivity contribution in [1.29, 1.82) is 0 Å². The molecule has 2 atom stereocenters. The standard InChI is InChI=1S/C21H23N5S/c1-2-3-13-26-20(19(24-21(26)27)17-9-4-5-12-23-17)18-10-7-14-25(18)16-8-6-11-22-15-16/h4-12,14-15,19-20H,2-3,13H2,1H3,(H,24,27)/t19-,20-/m1/s1. The molecule has 1 N–H and O–H groups in total. The van der Waals surface area contributed by atoms with Gasteiger partial charge in [0.05, 0.1) is 29.7 Å². The van der Waals surface area contributed by atoms with Crippen LogP contribution in [0.4, 0.5) is 0 Å². The Balaban J connectivity index is 1.78. The van der Waals surface area contributed by atoms with Crippen LogP contribution in [0.5, 0.6) is 0 Å². The molecule has 1 saturated heterocycles. The van der Waals surface area contributed by atoms with Crippen molar-refractivity contribution in [2.45, 2.75) is 31.8 Å². The summed E-state index contributed by atoms with van der Waals surface area (Å²) in [6.07, 6.45) is 9.83. The topological polar surface area (TPSA) is 46.0 Å². The number of pyridine rings is 2. The van der Waals surface area contributed by atoms with Crippen molar-refractivity contribution in [1.82, 2.24) is 24.8 Å². The van der Waals surface area contributed by atoms with Crippen molar-refractivity contribution in [2.24, 2.45) is 0 Å². The van der Waals surface area contributed by atoms with Gasteiger partial charge in [0.15, 0.2) is 5.11 Å². The molecule has 1 aliphatic heterocycles. The second-order valence-corrected chi connectivity index (χ2v) is 7.07. The molecule has 0 radical (unpaired) electrons. The van der Waals surface area contributed by atoms with E-state index in [-0.39, 0.29) is 12.1 Å². The van der Waals surface area contributed by atoms with E-state index >= 15 is 0 Å². The van der Waals surface area contributed by atoms with Gasteiger partial charge in [0, 0.05) is 30.8 Å². The first-order valence-corrected chi connectivity index (χ1v) is 9.76. The van der Waals surface area contributed by atoms with E-state index in [2.05, 4.69) is 62.1 Å². The maximum atomic E-state index is 5.71. The molecule has 1 fully saturated rings. The molecule has 0 bridgehead atoms. The van der Waals surface area contributed by atoms with Gasteiger partial charge in [0.2, 0.25) is 0 Å². The third-order valence-corrected chi connectivity index (χ3v) is 5.31. The molecule has 0 saturated carbocycles. The van der Waals surface area contributed by atoms with E-state index < -0.39 is 0 Å². The van der Waals surface area contributed by atoms with E-state index in [4.69, 9.17) is 12.2 Å². The summed E-state index contributed by atoms with van der Waals surface area (Å²) < 4.78 is 2.20. The molecule has 3 aromatic heterocycles. The monoisotopic (exact) mass is 377 g/mol. The second-order valence-electron chi connectivity index (χ2n) is 6.69. The molecule has 138 valence electrons. The van der Waals surface area contributed by atoms with Crippen LogP contribution < -0.4 is 5.32 Å². The number of unbranched alkanes of at least 4 members (excludes halogenated alkanes) is 1. The van der Waals surface area contributed by atoms with Crippen LogP contribution in [0.3, 0.4) is 0 Å². The quantitative estimate of drug-likeness (QED) is 0.657. The zero-order valence-corrected chi connectivity index (χ0v) is 16.1. The third-order valence-electron chi connectivity index (χ3n) is 4.96. The van der Waals surface area contributed by atoms with Crippen LogP contribution in [0.2, 0.25) is 0 Å². The average Bonchev–Trinajstić information content (AvgIpc) is 3.32. The molecular formula is C21H23N5S. The minimum Gasteiger partial charge on any atom is -0.352 e. The highest BCUT2D eigenvalue weighted by molar-refractivity contribution is 7.80. The smallest absolute Gasteiger partial charge is 0.170 e. The third kappa shape index (κ3) is 3.45. The van der Waals surface area contributed by atoms with Crippen LogP contribution in [-0.2, 0) is 0 Å².